The van der Waals surface area contributed by atoms with E-state index in [0.717, 1.165) is 37.1 Å². The van der Waals surface area contributed by atoms with Crippen LogP contribution >= 0.6 is 0 Å². The van der Waals surface area contributed by atoms with Gasteiger partial charge in [0.1, 0.15) is 11.3 Å². The molecule has 0 amide bonds. The molecule has 1 aromatic rings. The summed E-state index contributed by atoms with van der Waals surface area (Å²) in [6.45, 7) is 2.85. The topological polar surface area (TPSA) is 38.3 Å². The van der Waals surface area contributed by atoms with Crippen LogP contribution in [0.2, 0.25) is 0 Å². The smallest absolute Gasteiger partial charge is 0.157 e. The molecule has 0 heterocycles. The number of Topliss-reactive ketones (excluding diaryl/α,β-unsaturated/α-hetero) is 1. The van der Waals surface area contributed by atoms with Crippen LogP contribution in [0, 0.1) is 0 Å². The Morgan fingerprint density at radius 1 is 1.28 bits per heavy atom. The van der Waals surface area contributed by atoms with Crippen LogP contribution in [0.15, 0.2) is 24.3 Å². The molecule has 1 aromatic carbocycles. The fourth-order valence-electron chi connectivity index (χ4n) is 2.80. The molecule has 0 bridgehead atoms. The van der Waals surface area contributed by atoms with Crippen LogP contribution in [0.25, 0.3) is 0 Å². The van der Waals surface area contributed by atoms with Gasteiger partial charge >= 0.3 is 0 Å². The van der Waals surface area contributed by atoms with Crippen LogP contribution in [0.1, 0.15) is 38.2 Å². The zero-order chi connectivity index (χ0) is 13.0. The van der Waals surface area contributed by atoms with Crippen molar-refractivity contribution in [3.63, 3.8) is 0 Å². The van der Waals surface area contributed by atoms with Crippen molar-refractivity contribution < 1.29 is 9.53 Å². The highest BCUT2D eigenvalue weighted by molar-refractivity contribution is 5.90. The third-order valence-electron chi connectivity index (χ3n) is 3.74. The number of methoxy groups -OCH3 is 1. The lowest BCUT2D eigenvalue weighted by Crippen LogP contribution is -2.50. The summed E-state index contributed by atoms with van der Waals surface area (Å²) in [6.07, 6.45) is 3.69. The SMILES string of the molecule is CCN[C@]1(c2ccc(OC)cc2)CCCCC1=O. The molecule has 0 saturated heterocycles. The van der Waals surface area contributed by atoms with Gasteiger partial charge in [-0.05, 0) is 37.1 Å². The lowest BCUT2D eigenvalue weighted by Gasteiger charge is -2.37. The first-order valence-electron chi connectivity index (χ1n) is 6.66. The van der Waals surface area contributed by atoms with Crippen molar-refractivity contribution in [1.29, 1.82) is 0 Å². The molecule has 3 heteroatoms. The van der Waals surface area contributed by atoms with Crippen LogP contribution < -0.4 is 10.1 Å². The Morgan fingerprint density at radius 2 is 2.00 bits per heavy atom. The molecule has 0 spiro atoms. The van der Waals surface area contributed by atoms with Crippen molar-refractivity contribution in [2.75, 3.05) is 13.7 Å². The zero-order valence-corrected chi connectivity index (χ0v) is 11.2. The second-order valence-corrected chi connectivity index (χ2v) is 4.79. The van der Waals surface area contributed by atoms with Gasteiger partial charge in [0.2, 0.25) is 0 Å². The lowest BCUT2D eigenvalue weighted by molar-refractivity contribution is -0.128. The maximum absolute atomic E-state index is 12.4. The van der Waals surface area contributed by atoms with E-state index in [1.807, 2.05) is 31.2 Å². The summed E-state index contributed by atoms with van der Waals surface area (Å²) in [6, 6.07) is 7.86. The van der Waals surface area contributed by atoms with Gasteiger partial charge in [0, 0.05) is 6.42 Å². The molecule has 1 aliphatic carbocycles. The molecule has 18 heavy (non-hydrogen) atoms. The molecule has 2 rings (SSSR count). The fraction of sp³-hybridized carbons (Fsp3) is 0.533. The molecule has 0 unspecified atom stereocenters. The van der Waals surface area contributed by atoms with Crippen LogP contribution in [0.4, 0.5) is 0 Å². The number of carbonyl (C=O) groups excluding carboxylic acids is 1. The first-order chi connectivity index (χ1) is 8.73. The maximum Gasteiger partial charge on any atom is 0.157 e. The van der Waals surface area contributed by atoms with Gasteiger partial charge in [-0.2, -0.15) is 0 Å². The largest absolute Gasteiger partial charge is 0.497 e. The number of carbonyl (C=O) groups is 1. The van der Waals surface area contributed by atoms with Gasteiger partial charge in [0.25, 0.3) is 0 Å². The second kappa shape index (κ2) is 5.53. The van der Waals surface area contributed by atoms with Crippen LogP contribution in [-0.4, -0.2) is 19.4 Å². The number of hydrogen-bond acceptors (Lipinski definition) is 3. The molecular weight excluding hydrogens is 226 g/mol. The van der Waals surface area contributed by atoms with Crippen molar-refractivity contribution in [2.24, 2.45) is 0 Å². The van der Waals surface area contributed by atoms with Crippen LogP contribution in [-0.2, 0) is 10.3 Å². The lowest BCUT2D eigenvalue weighted by atomic mass is 9.75. The van der Waals surface area contributed by atoms with E-state index in [9.17, 15) is 4.79 Å². The number of hydrogen-bond donors (Lipinski definition) is 1. The van der Waals surface area contributed by atoms with E-state index in [4.69, 9.17) is 4.74 Å². The van der Waals surface area contributed by atoms with Gasteiger partial charge in [-0.3, -0.25) is 4.79 Å². The minimum atomic E-state index is -0.473. The van der Waals surface area contributed by atoms with Crippen molar-refractivity contribution >= 4 is 5.78 Å². The van der Waals surface area contributed by atoms with E-state index in [0.29, 0.717) is 12.2 Å². The van der Waals surface area contributed by atoms with Crippen molar-refractivity contribution in [1.82, 2.24) is 5.32 Å². The number of ether oxygens (including phenoxy) is 1. The van der Waals surface area contributed by atoms with Crippen molar-refractivity contribution in [2.45, 2.75) is 38.1 Å². The molecule has 1 saturated carbocycles. The maximum atomic E-state index is 12.4. The van der Waals surface area contributed by atoms with Gasteiger partial charge in [-0.1, -0.05) is 25.5 Å². The molecular formula is C15H21NO2. The van der Waals surface area contributed by atoms with E-state index in [1.54, 1.807) is 7.11 Å². The molecule has 1 fully saturated rings. The molecule has 0 radical (unpaired) electrons. The molecule has 1 atom stereocenters. The molecule has 0 aromatic heterocycles. The van der Waals surface area contributed by atoms with E-state index in [1.165, 1.54) is 0 Å². The number of likely N-dealkylation sites (N-methyl/N-ethyl adjacent to an activating group) is 1. The molecule has 98 valence electrons. The van der Waals surface area contributed by atoms with Crippen LogP contribution in [0.3, 0.4) is 0 Å². The summed E-state index contributed by atoms with van der Waals surface area (Å²) in [5.41, 5.74) is 0.592. The highest BCUT2D eigenvalue weighted by atomic mass is 16.5. The Bertz CT molecular complexity index is 409. The highest BCUT2D eigenvalue weighted by Crippen LogP contribution is 2.35. The third-order valence-corrected chi connectivity index (χ3v) is 3.74. The molecule has 1 aliphatic rings. The normalized spacial score (nSPS) is 24.0. The molecule has 1 N–H and O–H groups in total. The highest BCUT2D eigenvalue weighted by Gasteiger charge is 2.40. The van der Waals surface area contributed by atoms with Crippen molar-refractivity contribution in [3.8, 4) is 5.75 Å². The van der Waals surface area contributed by atoms with E-state index in [-0.39, 0.29) is 0 Å². The number of benzene rings is 1. The van der Waals surface area contributed by atoms with E-state index >= 15 is 0 Å². The average molecular weight is 247 g/mol. The second-order valence-electron chi connectivity index (χ2n) is 4.79. The van der Waals surface area contributed by atoms with E-state index in [2.05, 4.69) is 5.32 Å². The summed E-state index contributed by atoms with van der Waals surface area (Å²) < 4.78 is 5.17. The van der Waals surface area contributed by atoms with Gasteiger partial charge in [-0.25, -0.2) is 0 Å². The summed E-state index contributed by atoms with van der Waals surface area (Å²) in [5.74, 6) is 1.15. The Labute approximate surface area is 109 Å². The number of nitrogens with one attached hydrogen (secondary N) is 1. The first kappa shape index (κ1) is 13.1. The predicted molar refractivity (Wildman–Crippen MR) is 71.8 cm³/mol. The van der Waals surface area contributed by atoms with Gasteiger partial charge in [-0.15, -0.1) is 0 Å². The number of ketones is 1. The average Bonchev–Trinajstić information content (AvgIpc) is 2.42. The predicted octanol–water partition coefficient (Wildman–Crippen LogP) is 2.64. The first-order valence-corrected chi connectivity index (χ1v) is 6.66. The zero-order valence-electron chi connectivity index (χ0n) is 11.2. The molecule has 3 nitrogen and oxygen atoms in total. The van der Waals surface area contributed by atoms with Crippen LogP contribution in [0.5, 0.6) is 5.75 Å². The summed E-state index contributed by atoms with van der Waals surface area (Å²) >= 11 is 0. The fourth-order valence-corrected chi connectivity index (χ4v) is 2.80. The standard InChI is InChI=1S/C15H21NO2/c1-3-16-15(11-5-4-6-14(15)17)12-7-9-13(18-2)10-8-12/h7-10,16H,3-6,11H2,1-2H3/t15-/m0/s1. The van der Waals surface area contributed by atoms with E-state index < -0.39 is 5.54 Å². The Morgan fingerprint density at radius 3 is 2.56 bits per heavy atom. The molecule has 0 aliphatic heterocycles. The minimum absolute atomic E-state index is 0.320. The summed E-state index contributed by atoms with van der Waals surface area (Å²) in [5, 5.41) is 3.41. The summed E-state index contributed by atoms with van der Waals surface area (Å²) in [4.78, 5) is 12.4. The van der Waals surface area contributed by atoms with Gasteiger partial charge < -0.3 is 10.1 Å². The number of rotatable bonds is 4. The monoisotopic (exact) mass is 247 g/mol. The summed E-state index contributed by atoms with van der Waals surface area (Å²) in [7, 11) is 1.65. The van der Waals surface area contributed by atoms with Crippen molar-refractivity contribution in [3.05, 3.63) is 29.8 Å². The Kier molecular flexibility index (Phi) is 4.02. The Balaban J connectivity index is 2.35. The van der Waals surface area contributed by atoms with Gasteiger partial charge in [0.15, 0.2) is 5.78 Å². The Hall–Kier alpha value is -1.35. The third kappa shape index (κ3) is 2.27. The minimum Gasteiger partial charge on any atom is -0.497 e. The quantitative estimate of drug-likeness (QED) is 0.889. The van der Waals surface area contributed by atoms with Gasteiger partial charge in [0.05, 0.1) is 7.11 Å².